The van der Waals surface area contributed by atoms with Gasteiger partial charge < -0.3 is 14.6 Å². The average molecular weight is 214 g/mol. The Hall–Kier alpha value is -0.450. The zero-order chi connectivity index (χ0) is 10.9. The van der Waals surface area contributed by atoms with Gasteiger partial charge in [-0.2, -0.15) is 0 Å². The van der Waals surface area contributed by atoms with Crippen molar-refractivity contribution in [2.75, 3.05) is 19.8 Å². The van der Waals surface area contributed by atoms with Crippen LogP contribution < -0.4 is 0 Å². The smallest absolute Gasteiger partial charge is 0.168 e. The van der Waals surface area contributed by atoms with Crippen LogP contribution in [0.25, 0.3) is 0 Å². The Morgan fingerprint density at radius 3 is 2.13 bits per heavy atom. The van der Waals surface area contributed by atoms with Crippen molar-refractivity contribution in [3.63, 3.8) is 0 Å². The third-order valence-corrected chi connectivity index (χ3v) is 3.83. The van der Waals surface area contributed by atoms with Crippen LogP contribution >= 0.6 is 0 Å². The Morgan fingerprint density at radius 1 is 1.20 bits per heavy atom. The Labute approximate surface area is 89.6 Å². The van der Waals surface area contributed by atoms with Crippen molar-refractivity contribution in [2.45, 2.75) is 38.4 Å². The molecule has 2 rings (SSSR count). The summed E-state index contributed by atoms with van der Waals surface area (Å²) in [5, 5.41) is 9.34. The number of aliphatic hydroxyl groups excluding tert-OH is 1. The van der Waals surface area contributed by atoms with Crippen molar-refractivity contribution in [2.24, 2.45) is 5.41 Å². The minimum Gasteiger partial charge on any atom is -0.395 e. The van der Waals surface area contributed by atoms with E-state index in [1.54, 1.807) is 6.92 Å². The quantitative estimate of drug-likeness (QED) is 0.741. The SMILES string of the molecule is CC(=O)C1(CO)CCC2(CC1)OCCO2. The molecule has 4 heteroatoms. The molecule has 2 aliphatic rings. The molecular formula is C11H18O4. The monoisotopic (exact) mass is 214 g/mol. The van der Waals surface area contributed by atoms with Crippen molar-refractivity contribution >= 4 is 5.78 Å². The molecule has 0 aromatic carbocycles. The van der Waals surface area contributed by atoms with Gasteiger partial charge in [0.2, 0.25) is 0 Å². The molecule has 86 valence electrons. The van der Waals surface area contributed by atoms with E-state index in [-0.39, 0.29) is 12.4 Å². The third kappa shape index (κ3) is 1.82. The molecule has 1 aliphatic heterocycles. The fraction of sp³-hybridized carbons (Fsp3) is 0.909. The van der Waals surface area contributed by atoms with E-state index in [4.69, 9.17) is 9.47 Å². The molecule has 1 spiro atoms. The molecule has 1 N–H and O–H groups in total. The van der Waals surface area contributed by atoms with Crippen LogP contribution in [-0.2, 0) is 14.3 Å². The summed E-state index contributed by atoms with van der Waals surface area (Å²) < 4.78 is 11.2. The Bertz CT molecular complexity index is 245. The first-order valence-electron chi connectivity index (χ1n) is 5.52. The second-order valence-corrected chi connectivity index (χ2v) is 4.60. The lowest BCUT2D eigenvalue weighted by molar-refractivity contribution is -0.195. The zero-order valence-electron chi connectivity index (χ0n) is 9.12. The zero-order valence-corrected chi connectivity index (χ0v) is 9.12. The van der Waals surface area contributed by atoms with Crippen LogP contribution in [0.3, 0.4) is 0 Å². The predicted octanol–water partition coefficient (Wildman–Crippen LogP) is 0.871. The molecule has 1 saturated heterocycles. The predicted molar refractivity (Wildman–Crippen MR) is 53.3 cm³/mol. The van der Waals surface area contributed by atoms with Crippen LogP contribution in [0.1, 0.15) is 32.6 Å². The number of hydrogen-bond donors (Lipinski definition) is 1. The molecule has 2 fully saturated rings. The van der Waals surface area contributed by atoms with Crippen molar-refractivity contribution < 1.29 is 19.4 Å². The number of ketones is 1. The second-order valence-electron chi connectivity index (χ2n) is 4.60. The van der Waals surface area contributed by atoms with E-state index in [0.717, 1.165) is 0 Å². The topological polar surface area (TPSA) is 55.8 Å². The van der Waals surface area contributed by atoms with Crippen LogP contribution in [-0.4, -0.2) is 36.5 Å². The molecule has 4 nitrogen and oxygen atoms in total. The molecule has 1 aliphatic carbocycles. The van der Waals surface area contributed by atoms with Crippen LogP contribution in [0.15, 0.2) is 0 Å². The highest BCUT2D eigenvalue weighted by atomic mass is 16.7. The number of rotatable bonds is 2. The fourth-order valence-electron chi connectivity index (χ4n) is 2.52. The van der Waals surface area contributed by atoms with Crippen LogP contribution in [0.2, 0.25) is 0 Å². The van der Waals surface area contributed by atoms with E-state index in [2.05, 4.69) is 0 Å². The molecule has 0 bridgehead atoms. The first-order chi connectivity index (χ1) is 7.13. The van der Waals surface area contributed by atoms with Crippen LogP contribution in [0.5, 0.6) is 0 Å². The summed E-state index contributed by atoms with van der Waals surface area (Å²) in [4.78, 5) is 11.5. The maximum absolute atomic E-state index is 11.5. The molecule has 0 atom stereocenters. The minimum absolute atomic E-state index is 0.0571. The minimum atomic E-state index is -0.541. The van der Waals surface area contributed by atoms with Crippen molar-refractivity contribution in [3.8, 4) is 0 Å². The van der Waals surface area contributed by atoms with E-state index in [1.807, 2.05) is 0 Å². The van der Waals surface area contributed by atoms with Crippen LogP contribution in [0.4, 0.5) is 0 Å². The largest absolute Gasteiger partial charge is 0.395 e. The van der Waals surface area contributed by atoms with Gasteiger partial charge in [-0.25, -0.2) is 0 Å². The molecule has 1 heterocycles. The van der Waals surface area contributed by atoms with Gasteiger partial charge in [-0.3, -0.25) is 4.79 Å². The molecule has 0 radical (unpaired) electrons. The van der Waals surface area contributed by atoms with Crippen LogP contribution in [0, 0.1) is 5.41 Å². The summed E-state index contributed by atoms with van der Waals surface area (Å²) in [7, 11) is 0. The lowest BCUT2D eigenvalue weighted by atomic mass is 9.70. The summed E-state index contributed by atoms with van der Waals surface area (Å²) in [5.41, 5.74) is -0.541. The maximum Gasteiger partial charge on any atom is 0.168 e. The third-order valence-electron chi connectivity index (χ3n) is 3.83. The Balaban J connectivity index is 2.04. The van der Waals surface area contributed by atoms with Gasteiger partial charge in [-0.1, -0.05) is 0 Å². The molecule has 0 aromatic heterocycles. The highest BCUT2D eigenvalue weighted by Gasteiger charge is 2.48. The van der Waals surface area contributed by atoms with Gasteiger partial charge in [0.05, 0.1) is 25.2 Å². The Morgan fingerprint density at radius 2 is 1.73 bits per heavy atom. The fourth-order valence-corrected chi connectivity index (χ4v) is 2.52. The summed E-state index contributed by atoms with van der Waals surface area (Å²) in [6.45, 7) is 2.79. The van der Waals surface area contributed by atoms with Gasteiger partial charge in [0.1, 0.15) is 5.78 Å². The standard InChI is InChI=1S/C11H18O4/c1-9(13)10(8-12)2-4-11(5-3-10)14-6-7-15-11/h12H,2-8H2,1H3. The van der Waals surface area contributed by atoms with Crippen molar-refractivity contribution in [1.82, 2.24) is 0 Å². The van der Waals surface area contributed by atoms with Gasteiger partial charge in [0, 0.05) is 12.8 Å². The Kier molecular flexibility index (Phi) is 2.83. The molecule has 0 aromatic rings. The number of Topliss-reactive ketones (excluding diaryl/α,β-unsaturated/α-hetero) is 1. The lowest BCUT2D eigenvalue weighted by Crippen LogP contribution is -2.44. The molecule has 15 heavy (non-hydrogen) atoms. The van der Waals surface area contributed by atoms with Gasteiger partial charge in [0.25, 0.3) is 0 Å². The number of ether oxygens (including phenoxy) is 2. The van der Waals surface area contributed by atoms with E-state index >= 15 is 0 Å². The molecule has 0 amide bonds. The number of carbonyl (C=O) groups excluding carboxylic acids is 1. The first-order valence-corrected chi connectivity index (χ1v) is 5.52. The van der Waals surface area contributed by atoms with E-state index in [9.17, 15) is 9.90 Å². The maximum atomic E-state index is 11.5. The normalized spacial score (nSPS) is 28.1. The van der Waals surface area contributed by atoms with Crippen molar-refractivity contribution in [1.29, 1.82) is 0 Å². The van der Waals surface area contributed by atoms with E-state index in [0.29, 0.717) is 38.9 Å². The van der Waals surface area contributed by atoms with Gasteiger partial charge in [-0.05, 0) is 19.8 Å². The summed E-state index contributed by atoms with van der Waals surface area (Å²) in [6, 6.07) is 0. The first kappa shape index (κ1) is 11.0. The van der Waals surface area contributed by atoms with E-state index in [1.165, 1.54) is 0 Å². The molecule has 1 saturated carbocycles. The average Bonchev–Trinajstić information content (AvgIpc) is 2.68. The number of carbonyl (C=O) groups is 1. The number of aliphatic hydroxyl groups is 1. The van der Waals surface area contributed by atoms with Gasteiger partial charge >= 0.3 is 0 Å². The van der Waals surface area contributed by atoms with Crippen molar-refractivity contribution in [3.05, 3.63) is 0 Å². The highest BCUT2D eigenvalue weighted by Crippen LogP contribution is 2.44. The molecular weight excluding hydrogens is 196 g/mol. The lowest BCUT2D eigenvalue weighted by Gasteiger charge is -2.41. The number of hydrogen-bond acceptors (Lipinski definition) is 4. The summed E-state index contributed by atoms with van der Waals surface area (Å²) in [5.74, 6) is -0.369. The van der Waals surface area contributed by atoms with Gasteiger partial charge in [-0.15, -0.1) is 0 Å². The summed E-state index contributed by atoms with van der Waals surface area (Å²) >= 11 is 0. The summed E-state index contributed by atoms with van der Waals surface area (Å²) in [6.07, 6.45) is 2.76. The van der Waals surface area contributed by atoms with E-state index < -0.39 is 11.2 Å². The second kappa shape index (κ2) is 3.85. The van der Waals surface area contributed by atoms with Gasteiger partial charge in [0.15, 0.2) is 5.79 Å². The molecule has 0 unspecified atom stereocenters. The highest BCUT2D eigenvalue weighted by molar-refractivity contribution is 5.82.